The highest BCUT2D eigenvalue weighted by atomic mass is 35.5. The summed E-state index contributed by atoms with van der Waals surface area (Å²) in [6.45, 7) is 2.73. The average molecular weight is 222 g/mol. The van der Waals surface area contributed by atoms with Gasteiger partial charge < -0.3 is 4.90 Å². The summed E-state index contributed by atoms with van der Waals surface area (Å²) in [5.41, 5.74) is 2.10. The number of carbonyl (C=O) groups excluding carboxylic acids is 1. The Labute approximate surface area is 94.2 Å². The summed E-state index contributed by atoms with van der Waals surface area (Å²) in [5, 5.41) is 0.321. The molecule has 1 aromatic rings. The van der Waals surface area contributed by atoms with Gasteiger partial charge >= 0.3 is 0 Å². The van der Waals surface area contributed by atoms with Gasteiger partial charge in [0.2, 0.25) is 0 Å². The minimum absolute atomic E-state index is 0.105. The average Bonchev–Trinajstić information content (AvgIpc) is 2.24. The van der Waals surface area contributed by atoms with E-state index in [1.54, 1.807) is 11.0 Å². The lowest BCUT2D eigenvalue weighted by atomic mass is 10.1. The molecule has 1 amide bonds. The molecule has 1 heterocycles. The van der Waals surface area contributed by atoms with Crippen LogP contribution in [-0.2, 0) is 4.79 Å². The fourth-order valence-corrected chi connectivity index (χ4v) is 1.82. The predicted octanol–water partition coefficient (Wildman–Crippen LogP) is 2.85. The maximum atomic E-state index is 11.7. The molecule has 2 rings (SSSR count). The zero-order valence-electron chi connectivity index (χ0n) is 8.53. The van der Waals surface area contributed by atoms with Gasteiger partial charge in [-0.1, -0.05) is 35.4 Å². The molecule has 15 heavy (non-hydrogen) atoms. The largest absolute Gasteiger partial charge is 0.307 e. The van der Waals surface area contributed by atoms with Gasteiger partial charge in [-0.2, -0.15) is 0 Å². The first kappa shape index (κ1) is 10.2. The molecule has 2 nitrogen and oxygen atoms in total. The number of benzene rings is 1. The fraction of sp³-hybridized carbons (Fsp3) is 0.250. The van der Waals surface area contributed by atoms with Crippen LogP contribution in [0.15, 0.2) is 35.4 Å². The molecule has 0 aromatic heterocycles. The standard InChI is InChI=1S/C12H12ClNO/c1-9-4-6-10(7-5-9)14-8-2-3-11(13)12(14)15/h3-7H,2,8H2,1H3. The number of nitrogens with zero attached hydrogens (tertiary/aromatic N) is 1. The highest BCUT2D eigenvalue weighted by molar-refractivity contribution is 6.44. The lowest BCUT2D eigenvalue weighted by Gasteiger charge is -2.25. The number of rotatable bonds is 1. The first-order valence-corrected chi connectivity index (χ1v) is 5.30. The van der Waals surface area contributed by atoms with Gasteiger partial charge in [0.1, 0.15) is 5.03 Å². The van der Waals surface area contributed by atoms with Crippen LogP contribution in [0.1, 0.15) is 12.0 Å². The Morgan fingerprint density at radius 2 is 1.93 bits per heavy atom. The van der Waals surface area contributed by atoms with E-state index in [1.165, 1.54) is 5.56 Å². The van der Waals surface area contributed by atoms with E-state index in [1.807, 2.05) is 31.2 Å². The lowest BCUT2D eigenvalue weighted by Crippen LogP contribution is -2.34. The Kier molecular flexibility index (Phi) is 2.78. The van der Waals surface area contributed by atoms with Crippen molar-refractivity contribution in [2.45, 2.75) is 13.3 Å². The molecule has 3 heteroatoms. The van der Waals surface area contributed by atoms with Crippen LogP contribution in [0.2, 0.25) is 0 Å². The van der Waals surface area contributed by atoms with Crippen molar-refractivity contribution >= 4 is 23.2 Å². The van der Waals surface area contributed by atoms with Crippen molar-refractivity contribution in [1.82, 2.24) is 0 Å². The second-order valence-electron chi connectivity index (χ2n) is 3.63. The molecule has 78 valence electrons. The maximum Gasteiger partial charge on any atom is 0.269 e. The smallest absolute Gasteiger partial charge is 0.269 e. The molecule has 1 aliphatic heterocycles. The van der Waals surface area contributed by atoms with Gasteiger partial charge in [-0.3, -0.25) is 4.79 Å². The molecule has 0 aliphatic carbocycles. The first-order chi connectivity index (χ1) is 7.18. The third-order valence-corrected chi connectivity index (χ3v) is 2.79. The van der Waals surface area contributed by atoms with E-state index in [9.17, 15) is 4.79 Å². The molecule has 0 atom stereocenters. The molecular formula is C12H12ClNO. The van der Waals surface area contributed by atoms with Crippen molar-refractivity contribution in [2.24, 2.45) is 0 Å². The molecule has 0 fully saturated rings. The van der Waals surface area contributed by atoms with E-state index in [2.05, 4.69) is 0 Å². The van der Waals surface area contributed by atoms with Crippen LogP contribution in [0, 0.1) is 6.92 Å². The highest BCUT2D eigenvalue weighted by Gasteiger charge is 2.21. The fourth-order valence-electron chi connectivity index (χ4n) is 1.61. The Bertz CT molecular complexity index is 408. The summed E-state index contributed by atoms with van der Waals surface area (Å²) in [5.74, 6) is -0.105. The Morgan fingerprint density at radius 1 is 1.27 bits per heavy atom. The summed E-state index contributed by atoms with van der Waals surface area (Å²) in [6, 6.07) is 7.88. The van der Waals surface area contributed by atoms with Crippen molar-refractivity contribution < 1.29 is 4.79 Å². The molecular weight excluding hydrogens is 210 g/mol. The minimum atomic E-state index is -0.105. The van der Waals surface area contributed by atoms with Gasteiger partial charge in [-0.05, 0) is 25.5 Å². The molecule has 0 saturated heterocycles. The molecule has 0 bridgehead atoms. The van der Waals surface area contributed by atoms with Gasteiger partial charge in [0.15, 0.2) is 0 Å². The van der Waals surface area contributed by atoms with Crippen molar-refractivity contribution in [1.29, 1.82) is 0 Å². The summed E-state index contributed by atoms with van der Waals surface area (Å²) >= 11 is 5.81. The van der Waals surface area contributed by atoms with Crippen molar-refractivity contribution in [3.63, 3.8) is 0 Å². The van der Waals surface area contributed by atoms with Gasteiger partial charge in [0, 0.05) is 12.2 Å². The van der Waals surface area contributed by atoms with Gasteiger partial charge in [0.25, 0.3) is 5.91 Å². The predicted molar refractivity (Wildman–Crippen MR) is 62.1 cm³/mol. The second-order valence-corrected chi connectivity index (χ2v) is 4.04. The third-order valence-electron chi connectivity index (χ3n) is 2.47. The van der Waals surface area contributed by atoms with Crippen molar-refractivity contribution in [3.05, 3.63) is 40.9 Å². The van der Waals surface area contributed by atoms with Crippen LogP contribution in [0.4, 0.5) is 5.69 Å². The van der Waals surface area contributed by atoms with Gasteiger partial charge in [0.05, 0.1) is 0 Å². The van der Waals surface area contributed by atoms with Gasteiger partial charge in [-0.15, -0.1) is 0 Å². The van der Waals surface area contributed by atoms with E-state index in [0.29, 0.717) is 11.6 Å². The van der Waals surface area contributed by atoms with Crippen LogP contribution in [-0.4, -0.2) is 12.5 Å². The number of anilines is 1. The molecule has 1 aromatic carbocycles. The monoisotopic (exact) mass is 221 g/mol. The molecule has 0 N–H and O–H groups in total. The van der Waals surface area contributed by atoms with Crippen LogP contribution in [0.25, 0.3) is 0 Å². The topological polar surface area (TPSA) is 20.3 Å². The summed E-state index contributed by atoms with van der Waals surface area (Å²) < 4.78 is 0. The van der Waals surface area contributed by atoms with Crippen molar-refractivity contribution in [2.75, 3.05) is 11.4 Å². The molecule has 0 spiro atoms. The van der Waals surface area contributed by atoms with Crippen molar-refractivity contribution in [3.8, 4) is 0 Å². The van der Waals surface area contributed by atoms with E-state index in [-0.39, 0.29) is 5.91 Å². The third kappa shape index (κ3) is 2.05. The SMILES string of the molecule is Cc1ccc(N2CCC=C(Cl)C2=O)cc1. The Hall–Kier alpha value is -1.28. The summed E-state index contributed by atoms with van der Waals surface area (Å²) in [4.78, 5) is 13.4. The number of amides is 1. The zero-order chi connectivity index (χ0) is 10.8. The van der Waals surface area contributed by atoms with Gasteiger partial charge in [-0.25, -0.2) is 0 Å². The maximum absolute atomic E-state index is 11.7. The minimum Gasteiger partial charge on any atom is -0.307 e. The van der Waals surface area contributed by atoms with Crippen LogP contribution < -0.4 is 4.90 Å². The Balaban J connectivity index is 2.28. The highest BCUT2D eigenvalue weighted by Crippen LogP contribution is 2.22. The molecule has 1 aliphatic rings. The molecule has 0 unspecified atom stereocenters. The van der Waals surface area contributed by atoms with E-state index < -0.39 is 0 Å². The number of hydrogen-bond donors (Lipinski definition) is 0. The normalized spacial score (nSPS) is 16.5. The number of hydrogen-bond acceptors (Lipinski definition) is 1. The van der Waals surface area contributed by atoms with E-state index >= 15 is 0 Å². The van der Waals surface area contributed by atoms with Crippen LogP contribution >= 0.6 is 11.6 Å². The summed E-state index contributed by atoms with van der Waals surface area (Å²) in [6.07, 6.45) is 2.59. The van der Waals surface area contributed by atoms with E-state index in [0.717, 1.165) is 12.1 Å². The number of carbonyl (C=O) groups is 1. The quantitative estimate of drug-likeness (QED) is 0.714. The second kappa shape index (κ2) is 4.07. The van der Waals surface area contributed by atoms with E-state index in [4.69, 9.17) is 11.6 Å². The number of aryl methyl sites for hydroxylation is 1. The van der Waals surface area contributed by atoms with Crippen LogP contribution in [0.3, 0.4) is 0 Å². The number of halogens is 1. The lowest BCUT2D eigenvalue weighted by molar-refractivity contribution is -0.114. The first-order valence-electron chi connectivity index (χ1n) is 4.92. The summed E-state index contributed by atoms with van der Waals surface area (Å²) in [7, 11) is 0. The zero-order valence-corrected chi connectivity index (χ0v) is 9.29. The Morgan fingerprint density at radius 3 is 2.60 bits per heavy atom. The molecule has 0 saturated carbocycles. The molecule has 0 radical (unpaired) electrons. The van der Waals surface area contributed by atoms with Crippen LogP contribution in [0.5, 0.6) is 0 Å².